The quantitative estimate of drug-likeness (QED) is 0.671. The van der Waals surface area contributed by atoms with Gasteiger partial charge in [-0.3, -0.25) is 0 Å². The zero-order chi connectivity index (χ0) is 9.97. The van der Waals surface area contributed by atoms with Crippen LogP contribution in [0.3, 0.4) is 0 Å². The Hall–Kier alpha value is -0.130. The van der Waals surface area contributed by atoms with Crippen molar-refractivity contribution in [3.63, 3.8) is 0 Å². The van der Waals surface area contributed by atoms with Gasteiger partial charge in [-0.1, -0.05) is 30.3 Å². The SMILES string of the molecule is NC(c1ccccc1)C1CCN(I)C1. The lowest BCUT2D eigenvalue weighted by molar-refractivity contribution is 0.453. The van der Waals surface area contributed by atoms with Gasteiger partial charge in [0.25, 0.3) is 0 Å². The molecule has 2 unspecified atom stereocenters. The molecule has 1 saturated heterocycles. The van der Waals surface area contributed by atoms with E-state index in [1.54, 1.807) is 0 Å². The van der Waals surface area contributed by atoms with Crippen LogP contribution in [-0.2, 0) is 0 Å². The van der Waals surface area contributed by atoms with Crippen molar-refractivity contribution in [3.05, 3.63) is 35.9 Å². The van der Waals surface area contributed by atoms with Crippen molar-refractivity contribution < 1.29 is 0 Å². The molecule has 0 saturated carbocycles. The topological polar surface area (TPSA) is 29.3 Å². The molecule has 1 aliphatic rings. The first-order chi connectivity index (χ1) is 6.77. The summed E-state index contributed by atoms with van der Waals surface area (Å²) >= 11 is 2.38. The first kappa shape index (κ1) is 10.4. The van der Waals surface area contributed by atoms with E-state index >= 15 is 0 Å². The number of benzene rings is 1. The zero-order valence-electron chi connectivity index (χ0n) is 8.07. The van der Waals surface area contributed by atoms with Gasteiger partial charge in [0, 0.05) is 42.0 Å². The molecular formula is C11H15IN2. The maximum Gasteiger partial charge on any atom is 0.0336 e. The molecule has 0 radical (unpaired) electrons. The van der Waals surface area contributed by atoms with Crippen LogP contribution in [0.1, 0.15) is 18.0 Å². The third kappa shape index (κ3) is 2.27. The fourth-order valence-corrected chi connectivity index (χ4v) is 2.77. The molecule has 1 aliphatic heterocycles. The molecule has 0 spiro atoms. The summed E-state index contributed by atoms with van der Waals surface area (Å²) in [6, 6.07) is 10.6. The highest BCUT2D eigenvalue weighted by Gasteiger charge is 2.26. The van der Waals surface area contributed by atoms with Crippen LogP contribution in [-0.4, -0.2) is 16.2 Å². The van der Waals surface area contributed by atoms with E-state index in [0.29, 0.717) is 5.92 Å². The first-order valence-corrected chi connectivity index (χ1v) is 5.95. The number of halogens is 1. The van der Waals surface area contributed by atoms with Gasteiger partial charge in [0.15, 0.2) is 0 Å². The van der Waals surface area contributed by atoms with Gasteiger partial charge in [-0.15, -0.1) is 0 Å². The Morgan fingerprint density at radius 3 is 2.64 bits per heavy atom. The fraction of sp³-hybridized carbons (Fsp3) is 0.455. The Kier molecular flexibility index (Phi) is 3.41. The Balaban J connectivity index is 2.05. The number of nitrogens with zero attached hydrogens (tertiary/aromatic N) is 1. The summed E-state index contributed by atoms with van der Waals surface area (Å²) in [5, 5.41) is 0. The summed E-state index contributed by atoms with van der Waals surface area (Å²) in [4.78, 5) is 0. The predicted molar refractivity (Wildman–Crippen MR) is 67.1 cm³/mol. The van der Waals surface area contributed by atoms with Crippen LogP contribution in [0.15, 0.2) is 30.3 Å². The van der Waals surface area contributed by atoms with Crippen molar-refractivity contribution >= 4 is 22.9 Å². The minimum Gasteiger partial charge on any atom is -0.324 e. The smallest absolute Gasteiger partial charge is 0.0336 e. The molecule has 1 aromatic rings. The molecule has 2 atom stereocenters. The zero-order valence-corrected chi connectivity index (χ0v) is 10.2. The highest BCUT2D eigenvalue weighted by Crippen LogP contribution is 2.29. The van der Waals surface area contributed by atoms with Gasteiger partial charge in [-0.05, 0) is 17.9 Å². The summed E-state index contributed by atoms with van der Waals surface area (Å²) in [5.74, 6) is 0.620. The second kappa shape index (κ2) is 4.59. The fourth-order valence-electron chi connectivity index (χ4n) is 1.98. The van der Waals surface area contributed by atoms with E-state index < -0.39 is 0 Å². The van der Waals surface area contributed by atoms with Crippen molar-refractivity contribution in [1.82, 2.24) is 3.11 Å². The van der Waals surface area contributed by atoms with Crippen LogP contribution in [0.25, 0.3) is 0 Å². The summed E-state index contributed by atoms with van der Waals surface area (Å²) < 4.78 is 2.32. The van der Waals surface area contributed by atoms with Crippen molar-refractivity contribution in [1.29, 1.82) is 0 Å². The van der Waals surface area contributed by atoms with E-state index in [1.807, 2.05) is 6.07 Å². The molecule has 2 N–H and O–H groups in total. The average molecular weight is 302 g/mol. The molecule has 2 rings (SSSR count). The summed E-state index contributed by atoms with van der Waals surface area (Å²) in [6.45, 7) is 2.29. The second-order valence-electron chi connectivity index (χ2n) is 3.85. The minimum absolute atomic E-state index is 0.205. The van der Waals surface area contributed by atoms with Crippen LogP contribution in [0, 0.1) is 5.92 Å². The Morgan fingerprint density at radius 2 is 2.07 bits per heavy atom. The normalized spacial score (nSPS) is 25.1. The van der Waals surface area contributed by atoms with Gasteiger partial charge >= 0.3 is 0 Å². The van der Waals surface area contributed by atoms with Crippen LogP contribution in [0.5, 0.6) is 0 Å². The Bertz CT molecular complexity index is 289. The van der Waals surface area contributed by atoms with Crippen LogP contribution < -0.4 is 5.73 Å². The molecule has 0 bridgehead atoms. The van der Waals surface area contributed by atoms with Gasteiger partial charge in [0.05, 0.1) is 0 Å². The van der Waals surface area contributed by atoms with E-state index in [-0.39, 0.29) is 6.04 Å². The molecule has 1 heterocycles. The highest BCUT2D eigenvalue weighted by molar-refractivity contribution is 14.1. The largest absolute Gasteiger partial charge is 0.324 e. The second-order valence-corrected chi connectivity index (χ2v) is 5.22. The standard InChI is InChI=1S/C11H15IN2/c12-14-7-6-10(8-14)11(13)9-4-2-1-3-5-9/h1-5,10-11H,6-8,13H2. The third-order valence-electron chi connectivity index (χ3n) is 2.87. The van der Waals surface area contributed by atoms with Crippen molar-refractivity contribution in [2.24, 2.45) is 11.7 Å². The lowest BCUT2D eigenvalue weighted by atomic mass is 9.93. The average Bonchev–Trinajstić information content (AvgIpc) is 2.65. The summed E-state index contributed by atoms with van der Waals surface area (Å²) in [7, 11) is 0. The molecule has 0 amide bonds. The molecule has 3 heteroatoms. The van der Waals surface area contributed by atoms with E-state index in [2.05, 4.69) is 50.2 Å². The Morgan fingerprint density at radius 1 is 1.36 bits per heavy atom. The van der Waals surface area contributed by atoms with Gasteiger partial charge < -0.3 is 5.73 Å². The van der Waals surface area contributed by atoms with Crippen LogP contribution in [0.2, 0.25) is 0 Å². The minimum atomic E-state index is 0.205. The molecule has 0 aliphatic carbocycles. The van der Waals surface area contributed by atoms with Gasteiger partial charge in [-0.2, -0.15) is 0 Å². The molecule has 76 valence electrons. The van der Waals surface area contributed by atoms with E-state index in [9.17, 15) is 0 Å². The van der Waals surface area contributed by atoms with Crippen LogP contribution >= 0.6 is 22.9 Å². The maximum absolute atomic E-state index is 6.23. The number of hydrogen-bond acceptors (Lipinski definition) is 2. The van der Waals surface area contributed by atoms with Gasteiger partial charge in [0.2, 0.25) is 0 Å². The van der Waals surface area contributed by atoms with Crippen molar-refractivity contribution in [2.45, 2.75) is 12.5 Å². The number of rotatable bonds is 2. The van der Waals surface area contributed by atoms with E-state index in [4.69, 9.17) is 5.73 Å². The monoisotopic (exact) mass is 302 g/mol. The molecule has 0 aromatic heterocycles. The number of hydrogen-bond donors (Lipinski definition) is 1. The lowest BCUT2D eigenvalue weighted by Gasteiger charge is -2.18. The first-order valence-electron chi connectivity index (χ1n) is 4.98. The molecule has 2 nitrogen and oxygen atoms in total. The lowest BCUT2D eigenvalue weighted by Crippen LogP contribution is -2.22. The van der Waals surface area contributed by atoms with Crippen molar-refractivity contribution in [2.75, 3.05) is 13.1 Å². The summed E-state index contributed by atoms with van der Waals surface area (Å²) in [5.41, 5.74) is 7.50. The Labute approximate surface area is 99.0 Å². The molecule has 1 aromatic carbocycles. The number of nitrogens with two attached hydrogens (primary N) is 1. The molecular weight excluding hydrogens is 287 g/mol. The van der Waals surface area contributed by atoms with Gasteiger partial charge in [0.1, 0.15) is 0 Å². The maximum atomic E-state index is 6.23. The van der Waals surface area contributed by atoms with Crippen molar-refractivity contribution in [3.8, 4) is 0 Å². The predicted octanol–water partition coefficient (Wildman–Crippen LogP) is 2.36. The van der Waals surface area contributed by atoms with E-state index in [0.717, 1.165) is 6.54 Å². The summed E-state index contributed by atoms with van der Waals surface area (Å²) in [6.07, 6.45) is 1.22. The highest BCUT2D eigenvalue weighted by atomic mass is 127. The third-order valence-corrected chi connectivity index (χ3v) is 3.74. The van der Waals surface area contributed by atoms with Crippen LogP contribution in [0.4, 0.5) is 0 Å². The van der Waals surface area contributed by atoms with Gasteiger partial charge in [-0.25, -0.2) is 3.11 Å². The van der Waals surface area contributed by atoms with E-state index in [1.165, 1.54) is 18.5 Å². The molecule has 14 heavy (non-hydrogen) atoms. The molecule has 1 fully saturated rings.